The van der Waals surface area contributed by atoms with Gasteiger partial charge in [0.05, 0.1) is 0 Å². The topological polar surface area (TPSA) is 78.9 Å². The summed E-state index contributed by atoms with van der Waals surface area (Å²) in [5, 5.41) is 0. The summed E-state index contributed by atoms with van der Waals surface area (Å²) in [5.41, 5.74) is 1.35. The minimum atomic E-state index is -0.827. The van der Waals surface area contributed by atoms with Gasteiger partial charge in [0.2, 0.25) is 6.29 Å². The quantitative estimate of drug-likeness (QED) is 0.394. The van der Waals surface area contributed by atoms with Crippen LogP contribution in [0, 0.1) is 11.3 Å². The molecule has 0 amide bonds. The van der Waals surface area contributed by atoms with Crippen molar-refractivity contribution >= 4 is 18.2 Å². The predicted molar refractivity (Wildman–Crippen MR) is 112 cm³/mol. The Morgan fingerprint density at radius 3 is 2.37 bits per heavy atom. The van der Waals surface area contributed by atoms with Gasteiger partial charge in [-0.3, -0.25) is 14.4 Å². The van der Waals surface area contributed by atoms with Crippen molar-refractivity contribution in [3.05, 3.63) is 22.8 Å². The van der Waals surface area contributed by atoms with Gasteiger partial charge in [0.25, 0.3) is 0 Å². The van der Waals surface area contributed by atoms with Gasteiger partial charge in [-0.15, -0.1) is 0 Å². The highest BCUT2D eigenvalue weighted by atomic mass is 16.7. The number of esters is 2. The normalized spacial score (nSPS) is 26.8. The van der Waals surface area contributed by atoms with Gasteiger partial charge >= 0.3 is 11.9 Å². The van der Waals surface area contributed by atoms with E-state index in [1.54, 1.807) is 0 Å². The van der Waals surface area contributed by atoms with E-state index in [9.17, 15) is 14.4 Å². The van der Waals surface area contributed by atoms with Gasteiger partial charge in [0, 0.05) is 41.9 Å². The van der Waals surface area contributed by atoms with Crippen molar-refractivity contribution in [1.29, 1.82) is 0 Å². The first-order valence-electron chi connectivity index (χ1n) is 10.6. The summed E-state index contributed by atoms with van der Waals surface area (Å²) < 4.78 is 17.6. The number of benzene rings is 1. The van der Waals surface area contributed by atoms with Crippen molar-refractivity contribution in [2.75, 3.05) is 0 Å². The summed E-state index contributed by atoms with van der Waals surface area (Å²) in [6.07, 6.45) is 2.77. The summed E-state index contributed by atoms with van der Waals surface area (Å²) >= 11 is 0. The van der Waals surface area contributed by atoms with Crippen LogP contribution in [0.1, 0.15) is 95.1 Å². The molecule has 0 saturated heterocycles. The second-order valence-corrected chi connectivity index (χ2v) is 9.79. The Bertz CT molecular complexity index is 884. The predicted octanol–water partition coefficient (Wildman–Crippen LogP) is 4.91. The highest BCUT2D eigenvalue weighted by molar-refractivity contribution is 5.84. The second kappa shape index (κ2) is 7.71. The molecular formula is C24H32O6. The molecule has 1 aromatic rings. The third-order valence-electron chi connectivity index (χ3n) is 6.69. The van der Waals surface area contributed by atoms with E-state index in [1.165, 1.54) is 13.8 Å². The Kier molecular flexibility index (Phi) is 5.74. The molecule has 0 bridgehead atoms. The molecule has 3 rings (SSSR count). The SMILES string of the molecule is CC(=O)Oc1c(C(C)C)cc(C=O)c2c1O[C@H](OC(C)=O)[C@H]1C(C)(C)CCC[C@]21C. The molecular weight excluding hydrogens is 384 g/mol. The molecule has 6 heteroatoms. The van der Waals surface area contributed by atoms with Crippen LogP contribution in [0.4, 0.5) is 0 Å². The smallest absolute Gasteiger partial charge is 0.308 e. The summed E-state index contributed by atoms with van der Waals surface area (Å²) in [6, 6.07) is 1.81. The number of rotatable bonds is 4. The van der Waals surface area contributed by atoms with Crippen LogP contribution in [0.15, 0.2) is 6.07 Å². The second-order valence-electron chi connectivity index (χ2n) is 9.79. The molecule has 30 heavy (non-hydrogen) atoms. The number of ether oxygens (including phenoxy) is 3. The maximum atomic E-state index is 12.2. The number of fused-ring (bicyclic) bond motifs is 3. The number of hydrogen-bond acceptors (Lipinski definition) is 6. The van der Waals surface area contributed by atoms with Crippen LogP contribution < -0.4 is 9.47 Å². The van der Waals surface area contributed by atoms with Crippen LogP contribution >= 0.6 is 0 Å². The van der Waals surface area contributed by atoms with E-state index in [-0.39, 0.29) is 17.3 Å². The lowest BCUT2D eigenvalue weighted by Gasteiger charge is -2.56. The fourth-order valence-electron chi connectivity index (χ4n) is 5.63. The molecule has 1 saturated carbocycles. The average Bonchev–Trinajstić information content (AvgIpc) is 2.59. The Morgan fingerprint density at radius 2 is 1.83 bits per heavy atom. The van der Waals surface area contributed by atoms with Crippen LogP contribution in [0.3, 0.4) is 0 Å². The first-order chi connectivity index (χ1) is 13.9. The van der Waals surface area contributed by atoms with E-state index < -0.39 is 23.6 Å². The van der Waals surface area contributed by atoms with E-state index in [2.05, 4.69) is 20.8 Å². The number of hydrogen-bond donors (Lipinski definition) is 0. The lowest BCUT2D eigenvalue weighted by molar-refractivity contribution is -0.196. The van der Waals surface area contributed by atoms with Crippen molar-refractivity contribution in [3.8, 4) is 11.5 Å². The Labute approximate surface area is 178 Å². The zero-order valence-corrected chi connectivity index (χ0v) is 19.0. The van der Waals surface area contributed by atoms with Gasteiger partial charge in [-0.25, -0.2) is 0 Å². The van der Waals surface area contributed by atoms with Gasteiger partial charge in [-0.05, 0) is 30.2 Å². The first-order valence-corrected chi connectivity index (χ1v) is 10.6. The summed E-state index contributed by atoms with van der Waals surface area (Å²) in [6.45, 7) is 13.0. The molecule has 6 nitrogen and oxygen atoms in total. The maximum absolute atomic E-state index is 12.2. The summed E-state index contributed by atoms with van der Waals surface area (Å²) in [5.74, 6) is -0.394. The number of carbonyl (C=O) groups excluding carboxylic acids is 3. The molecule has 1 aromatic carbocycles. The van der Waals surface area contributed by atoms with Crippen molar-refractivity contribution in [3.63, 3.8) is 0 Å². The lowest BCUT2D eigenvalue weighted by Crippen LogP contribution is -2.57. The standard InChI is InChI=1S/C24H32O6/c1-13(2)17-11-16(12-25)18-20(19(17)28-14(3)26)30-22(29-15(4)27)21-23(5,6)9-8-10-24(18,21)7/h11-13,21-22H,8-10H2,1-7H3/t21-,22-,24+/m0/s1. The van der Waals surface area contributed by atoms with Crippen molar-refractivity contribution in [2.45, 2.75) is 85.4 Å². The van der Waals surface area contributed by atoms with Crippen LogP contribution in [0.5, 0.6) is 11.5 Å². The van der Waals surface area contributed by atoms with Gasteiger partial charge in [0.1, 0.15) is 0 Å². The molecule has 2 aliphatic rings. The van der Waals surface area contributed by atoms with Crippen molar-refractivity contribution in [1.82, 2.24) is 0 Å². The Morgan fingerprint density at radius 1 is 1.17 bits per heavy atom. The van der Waals surface area contributed by atoms with Gasteiger partial charge in [-0.2, -0.15) is 0 Å². The van der Waals surface area contributed by atoms with E-state index in [4.69, 9.17) is 14.2 Å². The largest absolute Gasteiger partial charge is 0.450 e. The zero-order chi connectivity index (χ0) is 22.4. The molecule has 1 heterocycles. The van der Waals surface area contributed by atoms with Crippen LogP contribution in [0.2, 0.25) is 0 Å². The molecule has 0 N–H and O–H groups in total. The van der Waals surface area contributed by atoms with E-state index in [0.29, 0.717) is 22.6 Å². The summed E-state index contributed by atoms with van der Waals surface area (Å²) in [4.78, 5) is 36.0. The molecule has 3 atom stereocenters. The van der Waals surface area contributed by atoms with Crippen LogP contribution in [-0.2, 0) is 19.7 Å². The van der Waals surface area contributed by atoms with Crippen molar-refractivity contribution < 1.29 is 28.6 Å². The van der Waals surface area contributed by atoms with E-state index in [0.717, 1.165) is 31.1 Å². The van der Waals surface area contributed by atoms with Crippen LogP contribution in [-0.4, -0.2) is 24.5 Å². The van der Waals surface area contributed by atoms with Crippen LogP contribution in [0.25, 0.3) is 0 Å². The molecule has 164 valence electrons. The lowest BCUT2D eigenvalue weighted by atomic mass is 9.52. The third-order valence-corrected chi connectivity index (χ3v) is 6.69. The minimum Gasteiger partial charge on any atom is -0.450 e. The minimum absolute atomic E-state index is 0.00699. The Balaban J connectivity index is 2.36. The molecule has 1 fully saturated rings. The molecule has 1 aliphatic heterocycles. The van der Waals surface area contributed by atoms with Crippen molar-refractivity contribution in [2.24, 2.45) is 11.3 Å². The number of aldehydes is 1. The fourth-order valence-corrected chi connectivity index (χ4v) is 5.63. The fraction of sp³-hybridized carbons (Fsp3) is 0.625. The zero-order valence-electron chi connectivity index (χ0n) is 19.0. The third kappa shape index (κ3) is 3.61. The highest BCUT2D eigenvalue weighted by Crippen LogP contribution is 2.61. The van der Waals surface area contributed by atoms with Gasteiger partial charge in [0.15, 0.2) is 17.8 Å². The molecule has 0 radical (unpaired) electrons. The van der Waals surface area contributed by atoms with Gasteiger partial charge in [-0.1, -0.05) is 41.0 Å². The molecule has 0 unspecified atom stereocenters. The maximum Gasteiger partial charge on any atom is 0.308 e. The molecule has 0 aromatic heterocycles. The monoisotopic (exact) mass is 416 g/mol. The molecule has 0 spiro atoms. The Hall–Kier alpha value is -2.37. The first kappa shape index (κ1) is 22.3. The van der Waals surface area contributed by atoms with Gasteiger partial charge < -0.3 is 14.2 Å². The van der Waals surface area contributed by atoms with E-state index >= 15 is 0 Å². The summed E-state index contributed by atoms with van der Waals surface area (Å²) in [7, 11) is 0. The number of carbonyl (C=O) groups is 3. The average molecular weight is 417 g/mol. The molecule has 1 aliphatic carbocycles. The van der Waals surface area contributed by atoms with E-state index in [1.807, 2.05) is 19.9 Å². The highest BCUT2D eigenvalue weighted by Gasteiger charge is 2.58.